The van der Waals surface area contributed by atoms with E-state index in [2.05, 4.69) is 26.5 Å². The van der Waals surface area contributed by atoms with Crippen LogP contribution in [0, 0.1) is 13.8 Å². The van der Waals surface area contributed by atoms with Crippen molar-refractivity contribution < 1.29 is 10.2 Å². The summed E-state index contributed by atoms with van der Waals surface area (Å²) in [5, 5.41) is 17.6. The van der Waals surface area contributed by atoms with E-state index < -0.39 is 6.10 Å². The first kappa shape index (κ1) is 15.9. The van der Waals surface area contributed by atoms with Crippen molar-refractivity contribution in [2.45, 2.75) is 20.0 Å². The highest BCUT2D eigenvalue weighted by molar-refractivity contribution is 5.35. The van der Waals surface area contributed by atoms with Crippen molar-refractivity contribution >= 4 is 6.08 Å². The third-order valence-corrected chi connectivity index (χ3v) is 2.26. The molecule has 1 atom stereocenters. The predicted molar refractivity (Wildman–Crippen MR) is 75.7 cm³/mol. The second-order valence-corrected chi connectivity index (χ2v) is 4.14. The van der Waals surface area contributed by atoms with Gasteiger partial charge in [-0.1, -0.05) is 6.58 Å². The van der Waals surface area contributed by atoms with Gasteiger partial charge in [0, 0.05) is 24.8 Å². The first-order valence-corrected chi connectivity index (χ1v) is 6.05. The fourth-order valence-corrected chi connectivity index (χ4v) is 1.16. The van der Waals surface area contributed by atoms with Crippen LogP contribution in [0.25, 0.3) is 6.08 Å². The van der Waals surface area contributed by atoms with Gasteiger partial charge in [0.1, 0.15) is 6.10 Å². The van der Waals surface area contributed by atoms with Gasteiger partial charge >= 0.3 is 0 Å². The average molecular weight is 274 g/mol. The summed E-state index contributed by atoms with van der Waals surface area (Å²) >= 11 is 0. The second kappa shape index (κ2) is 8.08. The molecule has 106 valence electrons. The third kappa shape index (κ3) is 5.21. The molecule has 0 amide bonds. The van der Waals surface area contributed by atoms with Crippen LogP contribution in [0.2, 0.25) is 0 Å². The van der Waals surface area contributed by atoms with Crippen LogP contribution in [0.3, 0.4) is 0 Å². The lowest BCUT2D eigenvalue weighted by molar-refractivity contribution is 0.0885. The van der Waals surface area contributed by atoms with Gasteiger partial charge < -0.3 is 10.2 Å². The number of hydrogen-bond donors (Lipinski definition) is 2. The minimum absolute atomic E-state index is 0.262. The van der Waals surface area contributed by atoms with Gasteiger partial charge in [0.25, 0.3) is 0 Å². The monoisotopic (exact) mass is 274 g/mol. The van der Waals surface area contributed by atoms with Gasteiger partial charge in [0.2, 0.25) is 0 Å². The topological polar surface area (TPSA) is 92.0 Å². The number of rotatable bonds is 3. The Kier molecular flexibility index (Phi) is 6.42. The molecule has 1 unspecified atom stereocenters. The van der Waals surface area contributed by atoms with E-state index in [4.69, 9.17) is 10.2 Å². The molecule has 2 N–H and O–H groups in total. The van der Waals surface area contributed by atoms with Crippen molar-refractivity contribution in [1.29, 1.82) is 0 Å². The Balaban J connectivity index is 0.000000204. The largest absolute Gasteiger partial charge is 0.393 e. The third-order valence-electron chi connectivity index (χ3n) is 2.26. The highest BCUT2D eigenvalue weighted by Gasteiger charge is 2.07. The number of aliphatic hydroxyl groups excluding tert-OH is 2. The summed E-state index contributed by atoms with van der Waals surface area (Å²) in [4.78, 5) is 15.6. The molecular formula is C14H18N4O2. The first-order valence-electron chi connectivity index (χ1n) is 6.05. The summed E-state index contributed by atoms with van der Waals surface area (Å²) in [6.45, 7) is 7.00. The molecule has 2 heterocycles. The molecule has 0 radical (unpaired) electrons. The lowest BCUT2D eigenvalue weighted by atomic mass is 10.3. The summed E-state index contributed by atoms with van der Waals surface area (Å²) < 4.78 is 0. The number of nitrogens with zero attached hydrogens (tertiary/aromatic N) is 4. The molecule has 0 aliphatic heterocycles. The molecule has 2 rings (SSSR count). The van der Waals surface area contributed by atoms with Crippen LogP contribution in [-0.2, 0) is 0 Å². The highest BCUT2D eigenvalue weighted by atomic mass is 16.3. The molecule has 20 heavy (non-hydrogen) atoms. The Morgan fingerprint density at radius 1 is 1.05 bits per heavy atom. The molecular weight excluding hydrogens is 256 g/mol. The van der Waals surface area contributed by atoms with Gasteiger partial charge in [-0.3, -0.25) is 0 Å². The molecule has 6 heteroatoms. The van der Waals surface area contributed by atoms with E-state index in [0.29, 0.717) is 5.82 Å². The molecule has 0 aromatic carbocycles. The van der Waals surface area contributed by atoms with Crippen LogP contribution in [-0.4, -0.2) is 36.8 Å². The van der Waals surface area contributed by atoms with Gasteiger partial charge in [-0.15, -0.1) is 0 Å². The number of aryl methyl sites for hydroxylation is 2. The molecule has 2 aromatic rings. The molecule has 0 saturated heterocycles. The van der Waals surface area contributed by atoms with Crippen LogP contribution in [0.1, 0.15) is 28.9 Å². The van der Waals surface area contributed by atoms with Crippen molar-refractivity contribution in [3.05, 3.63) is 54.1 Å². The quantitative estimate of drug-likeness (QED) is 0.874. The summed E-state index contributed by atoms with van der Waals surface area (Å²) in [6.07, 6.45) is 7.39. The zero-order chi connectivity index (χ0) is 15.0. The summed E-state index contributed by atoms with van der Waals surface area (Å²) in [5.74, 6) is 0.943. The number of hydrogen-bond acceptors (Lipinski definition) is 6. The lowest BCUT2D eigenvalue weighted by Crippen LogP contribution is -2.07. The minimum Gasteiger partial charge on any atom is -0.393 e. The predicted octanol–water partition coefficient (Wildman–Crippen LogP) is 1.24. The summed E-state index contributed by atoms with van der Waals surface area (Å²) in [6, 6.07) is 0. The molecule has 6 nitrogen and oxygen atoms in total. The summed E-state index contributed by atoms with van der Waals surface area (Å²) in [7, 11) is 0. The van der Waals surface area contributed by atoms with Crippen LogP contribution in [0.4, 0.5) is 0 Å². The zero-order valence-corrected chi connectivity index (χ0v) is 11.6. The van der Waals surface area contributed by atoms with E-state index in [1.807, 2.05) is 13.8 Å². The molecule has 0 saturated carbocycles. The number of aromatic nitrogens is 4. The highest BCUT2D eigenvalue weighted by Crippen LogP contribution is 2.04. The van der Waals surface area contributed by atoms with Gasteiger partial charge in [-0.05, 0) is 31.1 Å². The maximum atomic E-state index is 9.05. The molecule has 2 aromatic heterocycles. The van der Waals surface area contributed by atoms with Gasteiger partial charge in [0.15, 0.2) is 11.6 Å². The van der Waals surface area contributed by atoms with Crippen LogP contribution in [0.5, 0.6) is 0 Å². The molecule has 0 fully saturated rings. The Hall–Kier alpha value is -2.18. The van der Waals surface area contributed by atoms with Crippen molar-refractivity contribution in [3.63, 3.8) is 0 Å². The average Bonchev–Trinajstić information content (AvgIpc) is 2.49. The molecule has 0 aliphatic rings. The van der Waals surface area contributed by atoms with Crippen LogP contribution < -0.4 is 0 Å². The Bertz CT molecular complexity index is 526. The van der Waals surface area contributed by atoms with E-state index in [1.54, 1.807) is 30.9 Å². The zero-order valence-electron chi connectivity index (χ0n) is 11.6. The van der Waals surface area contributed by atoms with Crippen molar-refractivity contribution in [2.24, 2.45) is 0 Å². The second-order valence-electron chi connectivity index (χ2n) is 4.14. The fourth-order valence-electron chi connectivity index (χ4n) is 1.16. The standard InChI is InChI=1S/C7H10N2O2.C7H8N2/c1-5-2-8-7(9-3-5)6(11)4-10;1-3-7-8-4-6(2)5-9-7/h2-3,6,10-11H,4H2,1H3;3-5H,1H2,2H3. The Morgan fingerprint density at radius 2 is 1.50 bits per heavy atom. The van der Waals surface area contributed by atoms with E-state index in [1.165, 1.54) is 0 Å². The molecule has 0 bridgehead atoms. The van der Waals surface area contributed by atoms with Crippen LogP contribution >= 0.6 is 0 Å². The first-order chi connectivity index (χ1) is 9.56. The number of aliphatic hydroxyl groups is 2. The smallest absolute Gasteiger partial charge is 0.159 e. The SMILES string of the molecule is C=Cc1ncc(C)cn1.Cc1cnc(C(O)CO)nc1. The van der Waals surface area contributed by atoms with Gasteiger partial charge in [-0.2, -0.15) is 0 Å². The van der Waals surface area contributed by atoms with Gasteiger partial charge in [0.05, 0.1) is 6.61 Å². The molecule has 0 spiro atoms. The maximum absolute atomic E-state index is 9.05. The summed E-state index contributed by atoms with van der Waals surface area (Å²) in [5.41, 5.74) is 2.00. The van der Waals surface area contributed by atoms with E-state index in [-0.39, 0.29) is 12.4 Å². The minimum atomic E-state index is -0.962. The van der Waals surface area contributed by atoms with Crippen molar-refractivity contribution in [2.75, 3.05) is 6.61 Å². The molecule has 0 aliphatic carbocycles. The maximum Gasteiger partial charge on any atom is 0.159 e. The van der Waals surface area contributed by atoms with E-state index >= 15 is 0 Å². The lowest BCUT2D eigenvalue weighted by Gasteiger charge is -2.03. The van der Waals surface area contributed by atoms with Crippen molar-refractivity contribution in [1.82, 2.24) is 19.9 Å². The fraction of sp³-hybridized carbons (Fsp3) is 0.286. The normalized spacial score (nSPS) is 11.2. The van der Waals surface area contributed by atoms with Crippen LogP contribution in [0.15, 0.2) is 31.4 Å². The Morgan fingerprint density at radius 3 is 1.90 bits per heavy atom. The van der Waals surface area contributed by atoms with Gasteiger partial charge in [-0.25, -0.2) is 19.9 Å². The Labute approximate surface area is 117 Å². The van der Waals surface area contributed by atoms with E-state index in [0.717, 1.165) is 11.1 Å². The van der Waals surface area contributed by atoms with E-state index in [9.17, 15) is 0 Å². The van der Waals surface area contributed by atoms with Crippen molar-refractivity contribution in [3.8, 4) is 0 Å².